The third-order valence-electron chi connectivity index (χ3n) is 3.82. The van der Waals surface area contributed by atoms with Crippen LogP contribution in [0.1, 0.15) is 26.3 Å². The fraction of sp³-hybridized carbons (Fsp3) is 0.600. The lowest BCUT2D eigenvalue weighted by molar-refractivity contribution is 0.128. The Kier molecular flexibility index (Phi) is 4.39. The average Bonchev–Trinajstić information content (AvgIpc) is 2.37. The van der Waals surface area contributed by atoms with E-state index in [0.717, 1.165) is 37.4 Å². The van der Waals surface area contributed by atoms with Crippen LogP contribution in [0.3, 0.4) is 0 Å². The van der Waals surface area contributed by atoms with Crippen LogP contribution < -0.4 is 4.90 Å². The lowest BCUT2D eigenvalue weighted by Crippen LogP contribution is -2.53. The van der Waals surface area contributed by atoms with Crippen molar-refractivity contribution in [1.82, 2.24) is 4.90 Å². The van der Waals surface area contributed by atoms with Crippen LogP contribution >= 0.6 is 11.6 Å². The Hall–Kier alpha value is -0.770. The summed E-state index contributed by atoms with van der Waals surface area (Å²) in [6.07, 6.45) is 0. The van der Waals surface area contributed by atoms with Gasteiger partial charge in [0.25, 0.3) is 0 Å². The van der Waals surface area contributed by atoms with Gasteiger partial charge in [-0.25, -0.2) is 0 Å². The predicted octanol–water partition coefficient (Wildman–Crippen LogP) is 2.75. The van der Waals surface area contributed by atoms with Gasteiger partial charge in [0.15, 0.2) is 0 Å². The van der Waals surface area contributed by atoms with E-state index < -0.39 is 0 Å². The van der Waals surface area contributed by atoms with Gasteiger partial charge in [0.05, 0.1) is 6.61 Å². The number of anilines is 1. The Balaban J connectivity index is 2.12. The van der Waals surface area contributed by atoms with Crippen molar-refractivity contribution < 1.29 is 5.11 Å². The molecule has 1 fully saturated rings. The quantitative estimate of drug-likeness (QED) is 0.904. The first-order valence-electron chi connectivity index (χ1n) is 6.81. The summed E-state index contributed by atoms with van der Waals surface area (Å²) in [5, 5.41) is 10.1. The van der Waals surface area contributed by atoms with Crippen molar-refractivity contribution in [3.8, 4) is 0 Å². The van der Waals surface area contributed by atoms with Crippen LogP contribution in [0, 0.1) is 0 Å². The number of aliphatic hydroxyl groups excluding tert-OH is 1. The van der Waals surface area contributed by atoms with Gasteiger partial charge < -0.3 is 10.0 Å². The van der Waals surface area contributed by atoms with Crippen molar-refractivity contribution in [1.29, 1.82) is 0 Å². The topological polar surface area (TPSA) is 26.7 Å². The Morgan fingerprint density at radius 1 is 1.16 bits per heavy atom. The molecule has 0 spiro atoms. The lowest BCUT2D eigenvalue weighted by Gasteiger charge is -2.43. The van der Waals surface area contributed by atoms with Crippen molar-refractivity contribution >= 4 is 17.3 Å². The smallest absolute Gasteiger partial charge is 0.0716 e. The van der Waals surface area contributed by atoms with Crippen LogP contribution in [-0.2, 0) is 6.61 Å². The molecule has 1 aliphatic heterocycles. The second-order valence-corrected chi connectivity index (χ2v) is 6.45. The molecule has 106 valence electrons. The van der Waals surface area contributed by atoms with Crippen LogP contribution in [0.4, 0.5) is 5.69 Å². The maximum absolute atomic E-state index is 9.49. The van der Waals surface area contributed by atoms with Gasteiger partial charge >= 0.3 is 0 Å². The Bertz CT molecular complexity index is 434. The first-order chi connectivity index (χ1) is 8.93. The SMILES string of the molecule is CC(C)(C)N1CCN(c2cccc(Cl)c2CO)CC1. The monoisotopic (exact) mass is 282 g/mol. The van der Waals surface area contributed by atoms with E-state index in [1.54, 1.807) is 0 Å². The van der Waals surface area contributed by atoms with E-state index in [-0.39, 0.29) is 12.1 Å². The number of nitrogens with zero attached hydrogens (tertiary/aromatic N) is 2. The van der Waals surface area contributed by atoms with E-state index in [9.17, 15) is 5.11 Å². The van der Waals surface area contributed by atoms with Crippen LogP contribution in [0.5, 0.6) is 0 Å². The van der Waals surface area contributed by atoms with Crippen molar-refractivity contribution in [2.45, 2.75) is 32.9 Å². The van der Waals surface area contributed by atoms with Crippen LogP contribution in [0.2, 0.25) is 5.02 Å². The number of aliphatic hydroxyl groups is 1. The lowest BCUT2D eigenvalue weighted by atomic mass is 10.0. The zero-order valence-corrected chi connectivity index (χ0v) is 12.7. The highest BCUT2D eigenvalue weighted by atomic mass is 35.5. The first kappa shape index (κ1) is 14.6. The summed E-state index contributed by atoms with van der Waals surface area (Å²) in [4.78, 5) is 4.81. The zero-order chi connectivity index (χ0) is 14.0. The van der Waals surface area contributed by atoms with Gasteiger partial charge in [0.1, 0.15) is 0 Å². The van der Waals surface area contributed by atoms with Gasteiger partial charge in [-0.05, 0) is 32.9 Å². The van der Waals surface area contributed by atoms with Gasteiger partial charge in [0, 0.05) is 48.0 Å². The third kappa shape index (κ3) is 3.22. The molecule has 1 aliphatic rings. The van der Waals surface area contributed by atoms with E-state index in [2.05, 4.69) is 30.6 Å². The van der Waals surface area contributed by atoms with Crippen LogP contribution in [0.25, 0.3) is 0 Å². The van der Waals surface area contributed by atoms with Gasteiger partial charge in [0.2, 0.25) is 0 Å². The fourth-order valence-electron chi connectivity index (χ4n) is 2.62. The molecule has 0 atom stereocenters. The Morgan fingerprint density at radius 2 is 1.79 bits per heavy atom. The molecule has 0 aromatic heterocycles. The first-order valence-corrected chi connectivity index (χ1v) is 7.19. The van der Waals surface area contributed by atoms with Crippen LogP contribution in [0.15, 0.2) is 18.2 Å². The molecule has 1 aromatic carbocycles. The molecular weight excluding hydrogens is 260 g/mol. The molecule has 0 radical (unpaired) electrons. The minimum atomic E-state index is -0.00546. The molecule has 3 nitrogen and oxygen atoms in total. The summed E-state index contributed by atoms with van der Waals surface area (Å²) in [5.41, 5.74) is 2.14. The predicted molar refractivity (Wildman–Crippen MR) is 80.9 cm³/mol. The van der Waals surface area contributed by atoms with E-state index in [1.165, 1.54) is 0 Å². The second kappa shape index (κ2) is 5.70. The van der Waals surface area contributed by atoms with Crippen molar-refractivity contribution in [3.05, 3.63) is 28.8 Å². The summed E-state index contributed by atoms with van der Waals surface area (Å²) < 4.78 is 0. The second-order valence-electron chi connectivity index (χ2n) is 6.04. The number of benzene rings is 1. The molecule has 19 heavy (non-hydrogen) atoms. The third-order valence-corrected chi connectivity index (χ3v) is 4.18. The molecule has 0 aliphatic carbocycles. The normalized spacial score (nSPS) is 17.8. The summed E-state index contributed by atoms with van der Waals surface area (Å²) in [6.45, 7) is 10.8. The van der Waals surface area contributed by atoms with E-state index >= 15 is 0 Å². The number of halogens is 1. The molecule has 0 amide bonds. The average molecular weight is 283 g/mol. The summed E-state index contributed by atoms with van der Waals surface area (Å²) in [7, 11) is 0. The van der Waals surface area contributed by atoms with Gasteiger partial charge in [-0.3, -0.25) is 4.90 Å². The number of hydrogen-bond donors (Lipinski definition) is 1. The summed E-state index contributed by atoms with van der Waals surface area (Å²) in [5.74, 6) is 0. The molecule has 1 heterocycles. The van der Waals surface area contributed by atoms with Crippen LogP contribution in [-0.4, -0.2) is 41.7 Å². The van der Waals surface area contributed by atoms with Crippen molar-refractivity contribution in [2.24, 2.45) is 0 Å². The molecular formula is C15H23ClN2O. The van der Waals surface area contributed by atoms with E-state index in [1.807, 2.05) is 18.2 Å². The molecule has 1 N–H and O–H groups in total. The molecule has 0 bridgehead atoms. The zero-order valence-electron chi connectivity index (χ0n) is 12.0. The van der Waals surface area contributed by atoms with Gasteiger partial charge in [-0.15, -0.1) is 0 Å². The van der Waals surface area contributed by atoms with Gasteiger partial charge in [-0.2, -0.15) is 0 Å². The summed E-state index contributed by atoms with van der Waals surface area (Å²) >= 11 is 6.15. The molecule has 0 saturated carbocycles. The summed E-state index contributed by atoms with van der Waals surface area (Å²) in [6, 6.07) is 5.83. The minimum absolute atomic E-state index is 0.00546. The fourth-order valence-corrected chi connectivity index (χ4v) is 2.85. The Labute approximate surface area is 120 Å². The highest BCUT2D eigenvalue weighted by Gasteiger charge is 2.26. The largest absolute Gasteiger partial charge is 0.392 e. The maximum Gasteiger partial charge on any atom is 0.0716 e. The van der Waals surface area contributed by atoms with Crippen molar-refractivity contribution in [2.75, 3.05) is 31.1 Å². The highest BCUT2D eigenvalue weighted by Crippen LogP contribution is 2.29. The minimum Gasteiger partial charge on any atom is -0.392 e. The number of rotatable bonds is 2. The number of hydrogen-bond acceptors (Lipinski definition) is 3. The standard InChI is InChI=1S/C15H23ClN2O/c1-15(2,3)18-9-7-17(8-10-18)14-6-4-5-13(16)12(14)11-19/h4-6,19H,7-11H2,1-3H3. The molecule has 4 heteroatoms. The van der Waals surface area contributed by atoms with E-state index in [0.29, 0.717) is 5.02 Å². The number of piperazine rings is 1. The maximum atomic E-state index is 9.49. The molecule has 1 aromatic rings. The van der Waals surface area contributed by atoms with Crippen molar-refractivity contribution in [3.63, 3.8) is 0 Å². The Morgan fingerprint density at radius 3 is 2.32 bits per heavy atom. The van der Waals surface area contributed by atoms with Gasteiger partial charge in [-0.1, -0.05) is 17.7 Å². The molecule has 0 unspecified atom stereocenters. The molecule has 2 rings (SSSR count). The highest BCUT2D eigenvalue weighted by molar-refractivity contribution is 6.31. The molecule has 1 saturated heterocycles. The van der Waals surface area contributed by atoms with E-state index in [4.69, 9.17) is 11.6 Å².